The summed E-state index contributed by atoms with van der Waals surface area (Å²) < 4.78 is 0. The molecule has 142 valence electrons. The van der Waals surface area contributed by atoms with Crippen molar-refractivity contribution in [1.29, 1.82) is 0 Å². The van der Waals surface area contributed by atoms with E-state index in [2.05, 4.69) is 63.0 Å². The van der Waals surface area contributed by atoms with Crippen molar-refractivity contribution in [3.05, 3.63) is 82.4 Å². The number of aryl methyl sites for hydroxylation is 4. The van der Waals surface area contributed by atoms with Crippen molar-refractivity contribution in [2.75, 3.05) is 0 Å². The van der Waals surface area contributed by atoms with E-state index in [0.29, 0.717) is 5.82 Å². The monoisotopic (exact) mass is 370 g/mol. The molecule has 0 unspecified atom stereocenters. The second-order valence-corrected chi connectivity index (χ2v) is 7.14. The number of rotatable bonds is 4. The third-order valence-corrected chi connectivity index (χ3v) is 4.79. The minimum atomic E-state index is 0.621. The van der Waals surface area contributed by atoms with E-state index in [0.717, 1.165) is 50.7 Å². The maximum atomic E-state index is 4.83. The van der Waals surface area contributed by atoms with Crippen LogP contribution >= 0.6 is 0 Å². The summed E-state index contributed by atoms with van der Waals surface area (Å²) in [5.74, 6) is 0.621. The zero-order valence-electron chi connectivity index (χ0n) is 17.4. The van der Waals surface area contributed by atoms with Gasteiger partial charge in [-0.15, -0.1) is 0 Å². The Kier molecular flexibility index (Phi) is 5.78. The van der Waals surface area contributed by atoms with E-state index < -0.39 is 0 Å². The topological polar surface area (TPSA) is 50.5 Å². The maximum absolute atomic E-state index is 4.83. The number of aromatic nitrogens is 2. The zero-order valence-corrected chi connectivity index (χ0v) is 17.4. The summed E-state index contributed by atoms with van der Waals surface area (Å²) in [6, 6.07) is 14.3. The van der Waals surface area contributed by atoms with Gasteiger partial charge < -0.3 is 0 Å². The summed E-state index contributed by atoms with van der Waals surface area (Å²) in [7, 11) is 0. The molecule has 4 nitrogen and oxygen atoms in total. The highest BCUT2D eigenvalue weighted by Crippen LogP contribution is 2.25. The van der Waals surface area contributed by atoms with E-state index >= 15 is 0 Å². The van der Waals surface area contributed by atoms with Gasteiger partial charge in [-0.05, 0) is 69.9 Å². The lowest BCUT2D eigenvalue weighted by molar-refractivity contribution is 1.11. The summed E-state index contributed by atoms with van der Waals surface area (Å²) in [5.41, 5.74) is 9.04. The van der Waals surface area contributed by atoms with Crippen molar-refractivity contribution in [1.82, 2.24) is 9.97 Å². The highest BCUT2D eigenvalue weighted by atomic mass is 14.9. The molecule has 0 aliphatic rings. The van der Waals surface area contributed by atoms with Gasteiger partial charge in [0.1, 0.15) is 0 Å². The fourth-order valence-corrected chi connectivity index (χ4v) is 3.14. The molecule has 2 aromatic carbocycles. The van der Waals surface area contributed by atoms with E-state index in [-0.39, 0.29) is 0 Å². The first kappa shape index (κ1) is 19.6. The predicted octanol–water partition coefficient (Wildman–Crippen LogP) is 5.99. The molecule has 0 bridgehead atoms. The summed E-state index contributed by atoms with van der Waals surface area (Å²) in [5, 5.41) is 0. The van der Waals surface area contributed by atoms with E-state index in [1.807, 2.05) is 26.0 Å². The van der Waals surface area contributed by atoms with E-state index in [9.17, 15) is 0 Å². The Morgan fingerprint density at radius 3 is 1.64 bits per heavy atom. The molecule has 3 rings (SSSR count). The van der Waals surface area contributed by atoms with Gasteiger partial charge in [0.2, 0.25) is 0 Å². The Hall–Kier alpha value is -3.14. The Bertz CT molecular complexity index is 954. The quantitative estimate of drug-likeness (QED) is 0.530. The zero-order chi connectivity index (χ0) is 20.3. The molecule has 0 saturated carbocycles. The van der Waals surface area contributed by atoms with Crippen molar-refractivity contribution in [2.24, 2.45) is 9.98 Å². The van der Waals surface area contributed by atoms with Gasteiger partial charge >= 0.3 is 0 Å². The van der Waals surface area contributed by atoms with Gasteiger partial charge in [-0.1, -0.05) is 36.4 Å². The van der Waals surface area contributed by atoms with E-state index in [1.165, 1.54) is 0 Å². The molecule has 0 aliphatic carbocycles. The Morgan fingerprint density at radius 2 is 1.14 bits per heavy atom. The van der Waals surface area contributed by atoms with Crippen LogP contribution < -0.4 is 0 Å². The third kappa shape index (κ3) is 4.22. The molecule has 4 heteroatoms. The van der Waals surface area contributed by atoms with Crippen LogP contribution in [0, 0.1) is 27.7 Å². The van der Waals surface area contributed by atoms with Crippen LogP contribution in [0.4, 0.5) is 11.4 Å². The molecule has 1 aromatic heterocycles. The first-order valence-electron chi connectivity index (χ1n) is 9.43. The van der Waals surface area contributed by atoms with Crippen molar-refractivity contribution >= 4 is 22.8 Å². The SMILES string of the molecule is CC(=Nc1c(C)cccc1C)c1ccnc(C(C)=Nc2c(C)cccc2C)n1. The number of hydrogen-bond donors (Lipinski definition) is 0. The molecule has 3 aromatic rings. The Morgan fingerprint density at radius 1 is 0.679 bits per heavy atom. The average molecular weight is 371 g/mol. The molecule has 0 fully saturated rings. The molecule has 0 atom stereocenters. The average Bonchev–Trinajstić information content (AvgIpc) is 2.67. The van der Waals surface area contributed by atoms with Crippen molar-refractivity contribution in [3.8, 4) is 0 Å². The van der Waals surface area contributed by atoms with E-state index in [1.54, 1.807) is 6.20 Å². The lowest BCUT2D eigenvalue weighted by atomic mass is 10.1. The largest absolute Gasteiger partial charge is 0.251 e. The first-order chi connectivity index (χ1) is 13.4. The molecule has 0 spiro atoms. The van der Waals surface area contributed by atoms with Crippen LogP contribution in [0.15, 0.2) is 58.6 Å². The number of benzene rings is 2. The van der Waals surface area contributed by atoms with Crippen LogP contribution in [-0.4, -0.2) is 21.4 Å². The standard InChI is InChI=1S/C24H26N4/c1-15-9-7-10-16(2)22(15)26-19(5)21-13-14-25-24(28-21)20(6)27-23-17(3)11-8-12-18(23)4/h7-14H,1-6H3. The molecular weight excluding hydrogens is 344 g/mol. The van der Waals surface area contributed by atoms with Crippen LogP contribution in [0.3, 0.4) is 0 Å². The number of aliphatic imine (C=N–C) groups is 2. The van der Waals surface area contributed by atoms with Crippen LogP contribution in [0.5, 0.6) is 0 Å². The van der Waals surface area contributed by atoms with Crippen molar-refractivity contribution < 1.29 is 0 Å². The summed E-state index contributed by atoms with van der Waals surface area (Å²) in [4.78, 5) is 18.8. The predicted molar refractivity (Wildman–Crippen MR) is 118 cm³/mol. The fraction of sp³-hybridized carbons (Fsp3) is 0.250. The second-order valence-electron chi connectivity index (χ2n) is 7.14. The summed E-state index contributed by atoms with van der Waals surface area (Å²) in [6.07, 6.45) is 1.77. The van der Waals surface area contributed by atoms with E-state index in [4.69, 9.17) is 15.0 Å². The van der Waals surface area contributed by atoms with Gasteiger partial charge in [-0.3, -0.25) is 4.99 Å². The smallest absolute Gasteiger partial charge is 0.174 e. The molecule has 0 N–H and O–H groups in total. The Labute approximate surface area is 167 Å². The molecular formula is C24H26N4. The number of hydrogen-bond acceptors (Lipinski definition) is 4. The van der Waals surface area contributed by atoms with Crippen molar-refractivity contribution in [2.45, 2.75) is 41.5 Å². The van der Waals surface area contributed by atoms with Gasteiger partial charge in [-0.2, -0.15) is 0 Å². The van der Waals surface area contributed by atoms with Gasteiger partial charge in [0.05, 0.1) is 28.5 Å². The fourth-order valence-electron chi connectivity index (χ4n) is 3.14. The number of para-hydroxylation sites is 2. The van der Waals surface area contributed by atoms with Crippen LogP contribution in [-0.2, 0) is 0 Å². The molecule has 0 amide bonds. The van der Waals surface area contributed by atoms with Gasteiger partial charge in [0.15, 0.2) is 5.82 Å². The van der Waals surface area contributed by atoms with Crippen LogP contribution in [0.25, 0.3) is 0 Å². The highest BCUT2D eigenvalue weighted by molar-refractivity contribution is 6.01. The molecule has 0 saturated heterocycles. The van der Waals surface area contributed by atoms with Crippen LogP contribution in [0.1, 0.15) is 47.6 Å². The lowest BCUT2D eigenvalue weighted by Gasteiger charge is -2.08. The van der Waals surface area contributed by atoms with Crippen molar-refractivity contribution in [3.63, 3.8) is 0 Å². The minimum absolute atomic E-state index is 0.621. The molecule has 0 aliphatic heterocycles. The maximum Gasteiger partial charge on any atom is 0.174 e. The number of nitrogens with zero attached hydrogens (tertiary/aromatic N) is 4. The normalized spacial score (nSPS) is 12.4. The molecule has 1 heterocycles. The van der Waals surface area contributed by atoms with Gasteiger partial charge in [0, 0.05) is 6.20 Å². The van der Waals surface area contributed by atoms with Crippen LogP contribution in [0.2, 0.25) is 0 Å². The first-order valence-corrected chi connectivity index (χ1v) is 9.43. The summed E-state index contributed by atoms with van der Waals surface area (Å²) in [6.45, 7) is 12.2. The summed E-state index contributed by atoms with van der Waals surface area (Å²) >= 11 is 0. The van der Waals surface area contributed by atoms with Gasteiger partial charge in [-0.25, -0.2) is 15.0 Å². The van der Waals surface area contributed by atoms with Gasteiger partial charge in [0.25, 0.3) is 0 Å². The Balaban J connectivity index is 1.98. The molecule has 0 radical (unpaired) electrons. The third-order valence-electron chi connectivity index (χ3n) is 4.79. The minimum Gasteiger partial charge on any atom is -0.251 e. The highest BCUT2D eigenvalue weighted by Gasteiger charge is 2.09. The molecule has 28 heavy (non-hydrogen) atoms. The lowest BCUT2D eigenvalue weighted by Crippen LogP contribution is -2.08. The second kappa shape index (κ2) is 8.26.